The van der Waals surface area contributed by atoms with Gasteiger partial charge in [0.05, 0.1) is 22.4 Å². The molecule has 168 valence electrons. The smallest absolute Gasteiger partial charge is 0.157 e. The lowest BCUT2D eigenvalue weighted by Gasteiger charge is -2.20. The van der Waals surface area contributed by atoms with Gasteiger partial charge in [-0.25, -0.2) is 13.8 Å². The SMILES string of the molecule is Fc1ccc(Cc2nc3n(c2=C2CC2)C=C(c2ccccc2F)NC=3Cc2ccccc2)cc1. The van der Waals surface area contributed by atoms with Crippen LogP contribution in [0.2, 0.25) is 0 Å². The number of fused-ring (bicyclic) bond motifs is 1. The van der Waals surface area contributed by atoms with Crippen molar-refractivity contribution in [1.82, 2.24) is 14.9 Å². The van der Waals surface area contributed by atoms with Gasteiger partial charge in [-0.3, -0.25) is 4.57 Å². The first-order valence-corrected chi connectivity index (χ1v) is 11.5. The van der Waals surface area contributed by atoms with Gasteiger partial charge in [-0.2, -0.15) is 0 Å². The van der Waals surface area contributed by atoms with Gasteiger partial charge in [0.15, 0.2) is 5.48 Å². The minimum Gasteiger partial charge on any atom is -0.354 e. The van der Waals surface area contributed by atoms with E-state index in [0.717, 1.165) is 46.2 Å². The first-order chi connectivity index (χ1) is 16.7. The van der Waals surface area contributed by atoms with Crippen LogP contribution in [0.25, 0.3) is 23.2 Å². The number of hydrogen-bond donors (Lipinski definition) is 1. The van der Waals surface area contributed by atoms with Crippen molar-refractivity contribution in [2.24, 2.45) is 0 Å². The molecule has 0 bridgehead atoms. The van der Waals surface area contributed by atoms with E-state index in [4.69, 9.17) is 4.98 Å². The molecule has 1 saturated carbocycles. The van der Waals surface area contributed by atoms with Crippen molar-refractivity contribution in [2.75, 3.05) is 0 Å². The zero-order valence-electron chi connectivity index (χ0n) is 18.6. The van der Waals surface area contributed by atoms with Gasteiger partial charge < -0.3 is 5.32 Å². The Kier molecular flexibility index (Phi) is 5.10. The van der Waals surface area contributed by atoms with E-state index in [1.54, 1.807) is 12.1 Å². The second kappa shape index (κ2) is 8.41. The third kappa shape index (κ3) is 3.94. The van der Waals surface area contributed by atoms with Gasteiger partial charge in [0.2, 0.25) is 0 Å². The number of nitrogens with one attached hydrogen (secondary N) is 1. The molecule has 0 saturated heterocycles. The number of nitrogens with zero attached hydrogens (tertiary/aromatic N) is 2. The summed E-state index contributed by atoms with van der Waals surface area (Å²) in [5, 5.41) is 4.58. The monoisotopic (exact) mass is 451 g/mol. The quantitative estimate of drug-likeness (QED) is 0.481. The Hall–Kier alpha value is -3.99. The molecule has 3 nitrogen and oxygen atoms in total. The van der Waals surface area contributed by atoms with E-state index < -0.39 is 0 Å². The molecule has 0 atom stereocenters. The lowest BCUT2D eigenvalue weighted by molar-refractivity contribution is 0.623. The first-order valence-electron chi connectivity index (χ1n) is 11.5. The highest BCUT2D eigenvalue weighted by molar-refractivity contribution is 5.81. The fourth-order valence-corrected chi connectivity index (χ4v) is 4.53. The number of halogens is 2. The van der Waals surface area contributed by atoms with Crippen LogP contribution in [-0.4, -0.2) is 9.55 Å². The number of hydrogen-bond acceptors (Lipinski definition) is 2. The van der Waals surface area contributed by atoms with Gasteiger partial charge in [0, 0.05) is 24.6 Å². The van der Waals surface area contributed by atoms with E-state index in [9.17, 15) is 8.78 Å². The average molecular weight is 452 g/mol. The second-order valence-corrected chi connectivity index (χ2v) is 8.80. The van der Waals surface area contributed by atoms with Gasteiger partial charge in [-0.15, -0.1) is 0 Å². The largest absolute Gasteiger partial charge is 0.354 e. The maximum Gasteiger partial charge on any atom is 0.157 e. The third-order valence-electron chi connectivity index (χ3n) is 6.30. The summed E-state index contributed by atoms with van der Waals surface area (Å²) in [4.78, 5) is 5.07. The third-order valence-corrected chi connectivity index (χ3v) is 6.30. The molecule has 6 rings (SSSR count). The summed E-state index contributed by atoms with van der Waals surface area (Å²) in [7, 11) is 0. The molecule has 1 aliphatic carbocycles. The molecule has 34 heavy (non-hydrogen) atoms. The summed E-state index contributed by atoms with van der Waals surface area (Å²) in [5.74, 6) is -0.513. The zero-order chi connectivity index (χ0) is 23.1. The maximum atomic E-state index is 14.8. The van der Waals surface area contributed by atoms with Crippen molar-refractivity contribution in [2.45, 2.75) is 25.7 Å². The van der Waals surface area contributed by atoms with E-state index in [2.05, 4.69) is 22.0 Å². The standard InChI is InChI=1S/C29H23F2N3/c30-22-14-10-20(11-15-22)16-25-28(21-12-13-21)34-18-27(23-8-4-5-9-24(23)31)32-26(29(34)33-25)17-19-6-2-1-3-7-19/h1-11,14-15,18,32H,12-13,16-17H2. The van der Waals surface area contributed by atoms with Crippen molar-refractivity contribution in [3.05, 3.63) is 124 Å². The Morgan fingerprint density at radius 3 is 2.24 bits per heavy atom. The number of imidazole rings is 1. The molecular weight excluding hydrogens is 428 g/mol. The highest BCUT2D eigenvalue weighted by Gasteiger charge is 2.24. The summed E-state index contributed by atoms with van der Waals surface area (Å²) in [6.07, 6.45) is 5.29. The highest BCUT2D eigenvalue weighted by Crippen LogP contribution is 2.29. The van der Waals surface area contributed by atoms with Crippen molar-refractivity contribution >= 4 is 23.2 Å². The Balaban J connectivity index is 1.54. The van der Waals surface area contributed by atoms with Gasteiger partial charge >= 0.3 is 0 Å². The van der Waals surface area contributed by atoms with Crippen LogP contribution in [-0.2, 0) is 12.8 Å². The van der Waals surface area contributed by atoms with Crippen LogP contribution in [0, 0.1) is 11.6 Å². The van der Waals surface area contributed by atoms with Crippen LogP contribution in [0.4, 0.5) is 8.78 Å². The Morgan fingerprint density at radius 1 is 0.794 bits per heavy atom. The molecule has 2 heterocycles. The van der Waals surface area contributed by atoms with Crippen LogP contribution >= 0.6 is 0 Å². The van der Waals surface area contributed by atoms with Gasteiger partial charge in [0.1, 0.15) is 11.6 Å². The Bertz CT molecular complexity index is 1520. The van der Waals surface area contributed by atoms with Crippen LogP contribution < -0.4 is 16.1 Å². The number of aromatic nitrogens is 2. The number of benzene rings is 3. The fraction of sp³-hybridized carbons (Fsp3) is 0.138. The number of rotatable bonds is 5. The van der Waals surface area contributed by atoms with Gasteiger partial charge in [-0.05, 0) is 53.8 Å². The van der Waals surface area contributed by atoms with Crippen LogP contribution in [0.5, 0.6) is 0 Å². The molecular formula is C29H23F2N3. The van der Waals surface area contributed by atoms with Crippen molar-refractivity contribution < 1.29 is 8.78 Å². The van der Waals surface area contributed by atoms with Crippen LogP contribution in [0.15, 0.2) is 78.9 Å². The predicted octanol–water partition coefficient (Wildman–Crippen LogP) is 4.61. The Morgan fingerprint density at radius 2 is 1.50 bits per heavy atom. The lowest BCUT2D eigenvalue weighted by Crippen LogP contribution is -2.35. The van der Waals surface area contributed by atoms with Crippen molar-refractivity contribution in [3.63, 3.8) is 0 Å². The summed E-state index contributed by atoms with van der Waals surface area (Å²) in [5.41, 5.74) is 7.48. The highest BCUT2D eigenvalue weighted by atomic mass is 19.1. The van der Waals surface area contributed by atoms with Gasteiger partial charge in [0.25, 0.3) is 0 Å². The minimum atomic E-state index is -0.268. The molecule has 1 fully saturated rings. The Labute approximate surface area is 196 Å². The van der Waals surface area contributed by atoms with E-state index in [0.29, 0.717) is 24.1 Å². The fourth-order valence-electron chi connectivity index (χ4n) is 4.53. The summed E-state index contributed by atoms with van der Waals surface area (Å²) >= 11 is 0. The molecule has 3 aromatic carbocycles. The lowest BCUT2D eigenvalue weighted by atomic mass is 10.1. The molecule has 1 aromatic heterocycles. The molecule has 0 radical (unpaired) electrons. The second-order valence-electron chi connectivity index (χ2n) is 8.80. The average Bonchev–Trinajstić information content (AvgIpc) is 3.62. The molecule has 1 aliphatic heterocycles. The van der Waals surface area contributed by atoms with E-state index in [1.165, 1.54) is 23.8 Å². The predicted molar refractivity (Wildman–Crippen MR) is 131 cm³/mol. The molecule has 5 heteroatoms. The molecule has 4 aromatic rings. The van der Waals surface area contributed by atoms with Crippen molar-refractivity contribution in [3.8, 4) is 0 Å². The summed E-state index contributed by atoms with van der Waals surface area (Å²) < 4.78 is 30.3. The summed E-state index contributed by atoms with van der Waals surface area (Å²) in [6.45, 7) is 0. The minimum absolute atomic E-state index is 0.246. The zero-order valence-corrected chi connectivity index (χ0v) is 18.6. The normalized spacial score (nSPS) is 14.5. The summed E-state index contributed by atoms with van der Waals surface area (Å²) in [6, 6.07) is 23.6. The molecule has 1 N–H and O–H groups in total. The van der Waals surface area contributed by atoms with Crippen LogP contribution in [0.1, 0.15) is 35.2 Å². The molecule has 2 aliphatic rings. The first kappa shape index (κ1) is 20.6. The van der Waals surface area contributed by atoms with E-state index in [-0.39, 0.29) is 11.6 Å². The topological polar surface area (TPSA) is 29.9 Å². The van der Waals surface area contributed by atoms with E-state index in [1.807, 2.05) is 42.6 Å². The van der Waals surface area contributed by atoms with E-state index >= 15 is 0 Å². The van der Waals surface area contributed by atoms with Crippen LogP contribution in [0.3, 0.4) is 0 Å². The molecule has 0 unspecified atom stereocenters. The van der Waals surface area contributed by atoms with Crippen molar-refractivity contribution in [1.29, 1.82) is 0 Å². The van der Waals surface area contributed by atoms with Gasteiger partial charge in [-0.1, -0.05) is 54.6 Å². The maximum absolute atomic E-state index is 14.8. The molecule has 0 spiro atoms. The molecule has 0 amide bonds.